The largest absolute Gasteiger partial charge is 0.480 e. The van der Waals surface area contributed by atoms with Gasteiger partial charge in [0.2, 0.25) is 17.7 Å². The second-order valence-electron chi connectivity index (χ2n) is 9.19. The zero-order chi connectivity index (χ0) is 27.4. The molecule has 1 aromatic heterocycles. The van der Waals surface area contributed by atoms with E-state index in [9.17, 15) is 24.3 Å². The molecule has 202 valence electrons. The number of nitrogens with two attached hydrogens (primary N) is 3. The van der Waals surface area contributed by atoms with Gasteiger partial charge in [0.15, 0.2) is 5.96 Å². The zero-order valence-corrected chi connectivity index (χ0v) is 21.2. The van der Waals surface area contributed by atoms with E-state index in [0.717, 1.165) is 0 Å². The Labute approximate surface area is 210 Å². The molecule has 11 N–H and O–H groups in total. The minimum absolute atomic E-state index is 0.0161. The van der Waals surface area contributed by atoms with Gasteiger partial charge in [-0.3, -0.25) is 19.4 Å². The van der Waals surface area contributed by atoms with E-state index in [0.29, 0.717) is 12.1 Å². The Kier molecular flexibility index (Phi) is 12.4. The highest BCUT2D eigenvalue weighted by Gasteiger charge is 2.32. The van der Waals surface area contributed by atoms with E-state index < -0.39 is 47.9 Å². The average molecular weight is 510 g/mol. The topological polar surface area (TPSA) is 244 Å². The Morgan fingerprint density at radius 2 is 1.64 bits per heavy atom. The number of imidazole rings is 1. The van der Waals surface area contributed by atoms with Gasteiger partial charge < -0.3 is 43.2 Å². The summed E-state index contributed by atoms with van der Waals surface area (Å²) in [5, 5.41) is 17.3. The molecule has 0 bridgehead atoms. The number of nitrogens with one attached hydrogen (secondary N) is 4. The molecule has 0 aliphatic carbocycles. The minimum atomic E-state index is -1.24. The number of carboxylic acids is 1. The summed E-state index contributed by atoms with van der Waals surface area (Å²) in [6.45, 7) is 7.26. The maximum atomic E-state index is 13.1. The van der Waals surface area contributed by atoms with Gasteiger partial charge in [-0.05, 0) is 24.7 Å². The number of hydrogen-bond acceptors (Lipinski definition) is 7. The van der Waals surface area contributed by atoms with Crippen molar-refractivity contribution in [3.05, 3.63) is 18.2 Å². The molecule has 0 spiro atoms. The van der Waals surface area contributed by atoms with Gasteiger partial charge in [0.1, 0.15) is 18.1 Å². The van der Waals surface area contributed by atoms with Gasteiger partial charge in [-0.1, -0.05) is 27.7 Å². The Morgan fingerprint density at radius 3 is 2.14 bits per heavy atom. The number of aliphatic imine (C=N–C) groups is 1. The van der Waals surface area contributed by atoms with E-state index in [-0.39, 0.29) is 37.2 Å². The number of carboxylic acid groups (broad SMARTS) is 1. The summed E-state index contributed by atoms with van der Waals surface area (Å²) < 4.78 is 0. The number of H-pyrrole nitrogens is 1. The molecular formula is C22H39N9O5. The highest BCUT2D eigenvalue weighted by molar-refractivity contribution is 5.94. The van der Waals surface area contributed by atoms with Crippen molar-refractivity contribution in [2.45, 2.75) is 71.1 Å². The molecule has 0 aliphatic rings. The molecule has 14 nitrogen and oxygen atoms in total. The van der Waals surface area contributed by atoms with Gasteiger partial charge in [-0.15, -0.1) is 0 Å². The first kappa shape index (κ1) is 30.4. The number of carbonyl (C=O) groups is 4. The Bertz CT molecular complexity index is 898. The van der Waals surface area contributed by atoms with E-state index in [1.165, 1.54) is 12.5 Å². The van der Waals surface area contributed by atoms with E-state index in [2.05, 4.69) is 30.9 Å². The predicted molar refractivity (Wildman–Crippen MR) is 133 cm³/mol. The lowest BCUT2D eigenvalue weighted by atomic mass is 9.99. The van der Waals surface area contributed by atoms with Gasteiger partial charge in [-0.25, -0.2) is 9.78 Å². The third-order valence-electron chi connectivity index (χ3n) is 5.44. The molecule has 36 heavy (non-hydrogen) atoms. The first-order valence-electron chi connectivity index (χ1n) is 11.8. The highest BCUT2D eigenvalue weighted by Crippen LogP contribution is 2.08. The van der Waals surface area contributed by atoms with E-state index in [1.807, 2.05) is 0 Å². The molecule has 4 atom stereocenters. The van der Waals surface area contributed by atoms with Crippen LogP contribution < -0.4 is 33.2 Å². The van der Waals surface area contributed by atoms with Crippen LogP contribution >= 0.6 is 0 Å². The maximum absolute atomic E-state index is 13.1. The lowest BCUT2D eigenvalue weighted by Crippen LogP contribution is -2.59. The van der Waals surface area contributed by atoms with Crippen molar-refractivity contribution in [2.24, 2.45) is 34.0 Å². The minimum Gasteiger partial charge on any atom is -0.480 e. The molecule has 4 unspecified atom stereocenters. The number of aliphatic carboxylic acids is 1. The molecule has 14 heteroatoms. The van der Waals surface area contributed by atoms with E-state index >= 15 is 0 Å². The van der Waals surface area contributed by atoms with Crippen LogP contribution in [-0.4, -0.2) is 75.4 Å². The van der Waals surface area contributed by atoms with Crippen LogP contribution in [0.1, 0.15) is 46.2 Å². The SMILES string of the molecule is CC(C)C(N)C(=O)NC(C(=O)NC(Cc1cnc[nH]1)C(=O)NC(CCCN=C(N)N)C(=O)O)C(C)C. The molecule has 0 saturated carbocycles. The molecular weight excluding hydrogens is 470 g/mol. The van der Waals surface area contributed by atoms with Crippen LogP contribution in [0.3, 0.4) is 0 Å². The quantitative estimate of drug-likeness (QED) is 0.0752. The fourth-order valence-electron chi connectivity index (χ4n) is 3.21. The molecule has 0 saturated heterocycles. The molecule has 1 aromatic rings. The molecule has 0 aliphatic heterocycles. The third-order valence-corrected chi connectivity index (χ3v) is 5.44. The van der Waals surface area contributed by atoms with Crippen molar-refractivity contribution >= 4 is 29.7 Å². The van der Waals surface area contributed by atoms with Crippen molar-refractivity contribution in [2.75, 3.05) is 6.54 Å². The highest BCUT2D eigenvalue weighted by atomic mass is 16.4. The van der Waals surface area contributed by atoms with Gasteiger partial charge in [0.25, 0.3) is 0 Å². The summed E-state index contributed by atoms with van der Waals surface area (Å²) >= 11 is 0. The second-order valence-corrected chi connectivity index (χ2v) is 9.19. The number of aromatic amines is 1. The summed E-state index contributed by atoms with van der Waals surface area (Å²) in [4.78, 5) is 60.9. The number of amides is 3. The van der Waals surface area contributed by atoms with Crippen LogP contribution in [0.2, 0.25) is 0 Å². The number of carbonyl (C=O) groups excluding carboxylic acids is 3. The zero-order valence-electron chi connectivity index (χ0n) is 21.2. The summed E-state index contributed by atoms with van der Waals surface area (Å²) in [5.74, 6) is -3.61. The lowest BCUT2D eigenvalue weighted by Gasteiger charge is -2.27. The molecule has 0 radical (unpaired) electrons. The molecule has 1 rings (SSSR count). The Balaban J connectivity index is 3.01. The van der Waals surface area contributed by atoms with Crippen LogP contribution in [0.4, 0.5) is 0 Å². The Hall–Kier alpha value is -3.68. The summed E-state index contributed by atoms with van der Waals surface area (Å²) in [6.07, 6.45) is 3.30. The number of guanidine groups is 1. The summed E-state index contributed by atoms with van der Waals surface area (Å²) in [7, 11) is 0. The molecule has 0 aromatic carbocycles. The van der Waals surface area contributed by atoms with Crippen LogP contribution in [0.15, 0.2) is 17.5 Å². The van der Waals surface area contributed by atoms with Gasteiger partial charge in [0.05, 0.1) is 12.4 Å². The van der Waals surface area contributed by atoms with Crippen molar-refractivity contribution < 1.29 is 24.3 Å². The maximum Gasteiger partial charge on any atom is 0.326 e. The van der Waals surface area contributed by atoms with Crippen molar-refractivity contribution in [1.29, 1.82) is 0 Å². The average Bonchev–Trinajstić information content (AvgIpc) is 3.30. The van der Waals surface area contributed by atoms with Crippen molar-refractivity contribution in [3.63, 3.8) is 0 Å². The second kappa shape index (κ2) is 14.7. The fourth-order valence-corrected chi connectivity index (χ4v) is 3.21. The third kappa shape index (κ3) is 10.3. The lowest BCUT2D eigenvalue weighted by molar-refractivity contribution is -0.142. The van der Waals surface area contributed by atoms with Crippen LogP contribution in [0.25, 0.3) is 0 Å². The van der Waals surface area contributed by atoms with Gasteiger partial charge in [0, 0.05) is 24.9 Å². The standard InChI is InChI=1S/C22H39N9O5/c1-11(2)16(23)19(33)31-17(12(3)4)20(34)30-15(8-13-9-26-10-28-13)18(32)29-14(21(35)36)6-5-7-27-22(24)25/h9-12,14-17H,5-8,23H2,1-4H3,(H,26,28)(H,29,32)(H,30,34)(H,31,33)(H,35,36)(H4,24,25,27). The van der Waals surface area contributed by atoms with Gasteiger partial charge >= 0.3 is 5.97 Å². The first-order chi connectivity index (χ1) is 16.8. The summed E-state index contributed by atoms with van der Waals surface area (Å²) in [6, 6.07) is -4.14. The number of rotatable bonds is 15. The van der Waals surface area contributed by atoms with Crippen LogP contribution in [-0.2, 0) is 25.6 Å². The monoisotopic (exact) mass is 509 g/mol. The smallest absolute Gasteiger partial charge is 0.326 e. The van der Waals surface area contributed by atoms with Crippen molar-refractivity contribution in [1.82, 2.24) is 25.9 Å². The first-order valence-corrected chi connectivity index (χ1v) is 11.8. The predicted octanol–water partition coefficient (Wildman–Crippen LogP) is -1.82. The molecule has 0 fully saturated rings. The Morgan fingerprint density at radius 1 is 1.00 bits per heavy atom. The fraction of sp³-hybridized carbons (Fsp3) is 0.636. The number of aromatic nitrogens is 2. The number of hydrogen-bond donors (Lipinski definition) is 8. The van der Waals surface area contributed by atoms with E-state index in [4.69, 9.17) is 17.2 Å². The van der Waals surface area contributed by atoms with Crippen LogP contribution in [0, 0.1) is 11.8 Å². The van der Waals surface area contributed by atoms with Gasteiger partial charge in [-0.2, -0.15) is 0 Å². The van der Waals surface area contributed by atoms with Crippen molar-refractivity contribution in [3.8, 4) is 0 Å². The van der Waals surface area contributed by atoms with E-state index in [1.54, 1.807) is 27.7 Å². The van der Waals surface area contributed by atoms with Crippen LogP contribution in [0.5, 0.6) is 0 Å². The molecule has 3 amide bonds. The summed E-state index contributed by atoms with van der Waals surface area (Å²) in [5.41, 5.74) is 17.0. The normalized spacial score (nSPS) is 14.4. The molecule has 1 heterocycles. The number of nitrogens with zero attached hydrogens (tertiary/aromatic N) is 2.